The van der Waals surface area contributed by atoms with Gasteiger partial charge in [-0.25, -0.2) is 9.50 Å². The molecule has 27 heavy (non-hydrogen) atoms. The van der Waals surface area contributed by atoms with E-state index in [-0.39, 0.29) is 17.7 Å². The van der Waals surface area contributed by atoms with Gasteiger partial charge in [0, 0.05) is 12.1 Å². The summed E-state index contributed by atoms with van der Waals surface area (Å²) in [4.78, 5) is 16.4. The predicted molar refractivity (Wildman–Crippen MR) is 99.6 cm³/mol. The van der Waals surface area contributed by atoms with Gasteiger partial charge in [0.25, 0.3) is 0 Å². The number of nitrogens with one attached hydrogen (secondary N) is 1. The van der Waals surface area contributed by atoms with Gasteiger partial charge in [-0.15, -0.1) is 10.2 Å². The van der Waals surface area contributed by atoms with Gasteiger partial charge in [0.05, 0.1) is 17.8 Å². The van der Waals surface area contributed by atoms with E-state index in [0.29, 0.717) is 11.5 Å². The van der Waals surface area contributed by atoms with Crippen molar-refractivity contribution < 1.29 is 4.79 Å². The summed E-state index contributed by atoms with van der Waals surface area (Å²) in [6.07, 6.45) is 5.70. The van der Waals surface area contributed by atoms with Gasteiger partial charge in [0.1, 0.15) is 5.82 Å². The Morgan fingerprint density at radius 2 is 1.96 bits per heavy atom. The molecule has 136 valence electrons. The summed E-state index contributed by atoms with van der Waals surface area (Å²) in [5.41, 5.74) is 3.51. The molecule has 1 saturated carbocycles. The molecule has 0 aromatic carbocycles. The number of aryl methyl sites for hydroxylation is 1. The zero-order valence-corrected chi connectivity index (χ0v) is 15.1. The van der Waals surface area contributed by atoms with Crippen molar-refractivity contribution in [1.82, 2.24) is 29.2 Å². The quantitative estimate of drug-likeness (QED) is 0.603. The van der Waals surface area contributed by atoms with E-state index in [9.17, 15) is 4.79 Å². The normalized spacial score (nSPS) is 15.3. The third-order valence-corrected chi connectivity index (χ3v) is 4.95. The molecule has 0 aliphatic heterocycles. The zero-order chi connectivity index (χ0) is 18.5. The maximum Gasteiger partial charge on any atom is 0.228 e. The first-order valence-corrected chi connectivity index (χ1v) is 9.07. The number of hydrogen-bond donors (Lipinski definition) is 1. The third kappa shape index (κ3) is 2.83. The summed E-state index contributed by atoms with van der Waals surface area (Å²) >= 11 is 0. The smallest absolute Gasteiger partial charge is 0.228 e. The van der Waals surface area contributed by atoms with Gasteiger partial charge in [-0.1, -0.05) is 6.07 Å². The molecular formula is C19H19N7O. The van der Waals surface area contributed by atoms with Gasteiger partial charge >= 0.3 is 0 Å². The maximum atomic E-state index is 11.9. The highest BCUT2D eigenvalue weighted by molar-refractivity contribution is 5.93. The van der Waals surface area contributed by atoms with Crippen LogP contribution in [0.1, 0.15) is 42.8 Å². The number of fused-ring (bicyclic) bond motifs is 2. The number of pyridine rings is 1. The summed E-state index contributed by atoms with van der Waals surface area (Å²) in [6, 6.07) is 7.82. The Balaban J connectivity index is 1.48. The number of carbonyl (C=O) groups is 1. The van der Waals surface area contributed by atoms with Gasteiger partial charge in [0.2, 0.25) is 5.91 Å². The molecule has 1 amide bonds. The summed E-state index contributed by atoms with van der Waals surface area (Å²) in [5.74, 6) is 1.51. The number of imidazole rings is 1. The summed E-state index contributed by atoms with van der Waals surface area (Å²) in [5, 5.41) is 16.1. The first kappa shape index (κ1) is 15.9. The standard InChI is InChI=1S/C19H19N7O/c1-11-3-7-17-22-23-18(25(17)9-11)12(2)14-6-8-16-20-15(10-26(16)24-14)21-19(27)13-4-5-13/h3,6-10,12-13H,4-5H2,1-2H3,(H,21,27). The fraction of sp³-hybridized carbons (Fsp3) is 0.316. The second-order valence-electron chi connectivity index (χ2n) is 7.17. The van der Waals surface area contributed by atoms with Gasteiger partial charge in [-0.05, 0) is 50.5 Å². The van der Waals surface area contributed by atoms with Gasteiger partial charge < -0.3 is 5.32 Å². The molecule has 1 aliphatic rings. The van der Waals surface area contributed by atoms with E-state index in [2.05, 4.69) is 32.5 Å². The Bertz CT molecular complexity index is 1170. The van der Waals surface area contributed by atoms with Crippen LogP contribution >= 0.6 is 0 Å². The van der Waals surface area contributed by atoms with Crippen LogP contribution in [0.25, 0.3) is 11.3 Å². The van der Waals surface area contributed by atoms with E-state index in [1.54, 1.807) is 10.7 Å². The lowest BCUT2D eigenvalue weighted by Gasteiger charge is -2.09. The Labute approximate surface area is 155 Å². The number of aromatic nitrogens is 6. The molecule has 8 nitrogen and oxygen atoms in total. The number of hydrogen-bond acceptors (Lipinski definition) is 5. The van der Waals surface area contributed by atoms with Crippen LogP contribution in [0.3, 0.4) is 0 Å². The SMILES string of the molecule is Cc1ccc2nnc(C(C)c3ccc4nc(NC(=O)C5CC5)cn4n3)n2c1. The molecule has 1 atom stereocenters. The van der Waals surface area contributed by atoms with E-state index >= 15 is 0 Å². The molecule has 0 radical (unpaired) electrons. The Morgan fingerprint density at radius 3 is 2.78 bits per heavy atom. The fourth-order valence-electron chi connectivity index (χ4n) is 3.20. The van der Waals surface area contributed by atoms with Crippen LogP contribution in [0.4, 0.5) is 5.82 Å². The van der Waals surface area contributed by atoms with E-state index in [0.717, 1.165) is 35.6 Å². The molecule has 4 heterocycles. The van der Waals surface area contributed by atoms with Crippen LogP contribution in [-0.4, -0.2) is 35.1 Å². The minimum Gasteiger partial charge on any atom is -0.309 e. The molecular weight excluding hydrogens is 342 g/mol. The topological polar surface area (TPSA) is 89.5 Å². The Hall–Kier alpha value is -3.29. The molecule has 8 heteroatoms. The van der Waals surface area contributed by atoms with Crippen LogP contribution in [0, 0.1) is 12.8 Å². The highest BCUT2D eigenvalue weighted by Gasteiger charge is 2.30. The van der Waals surface area contributed by atoms with Gasteiger partial charge in [0.15, 0.2) is 17.1 Å². The third-order valence-electron chi connectivity index (χ3n) is 4.95. The highest BCUT2D eigenvalue weighted by Crippen LogP contribution is 2.30. The van der Waals surface area contributed by atoms with Crippen molar-refractivity contribution in [2.24, 2.45) is 5.92 Å². The number of carbonyl (C=O) groups excluding carboxylic acids is 1. The number of nitrogens with zero attached hydrogens (tertiary/aromatic N) is 6. The molecule has 1 unspecified atom stereocenters. The second-order valence-corrected chi connectivity index (χ2v) is 7.17. The van der Waals surface area contributed by atoms with Crippen molar-refractivity contribution in [3.63, 3.8) is 0 Å². The average Bonchev–Trinajstić information content (AvgIpc) is 3.31. The summed E-state index contributed by atoms with van der Waals surface area (Å²) in [7, 11) is 0. The van der Waals surface area contributed by atoms with Crippen molar-refractivity contribution in [3.8, 4) is 0 Å². The highest BCUT2D eigenvalue weighted by atomic mass is 16.2. The Morgan fingerprint density at radius 1 is 1.15 bits per heavy atom. The lowest BCUT2D eigenvalue weighted by Crippen LogP contribution is -2.13. The van der Waals surface area contributed by atoms with Crippen LogP contribution in [0.2, 0.25) is 0 Å². The monoisotopic (exact) mass is 361 g/mol. The van der Waals surface area contributed by atoms with E-state index in [1.165, 1.54) is 0 Å². The molecule has 1 fully saturated rings. The van der Waals surface area contributed by atoms with E-state index in [1.807, 2.05) is 41.8 Å². The lowest BCUT2D eigenvalue weighted by atomic mass is 10.1. The lowest BCUT2D eigenvalue weighted by molar-refractivity contribution is -0.117. The molecule has 1 N–H and O–H groups in total. The van der Waals surface area contributed by atoms with Crippen LogP contribution in [-0.2, 0) is 4.79 Å². The van der Waals surface area contributed by atoms with Crippen molar-refractivity contribution in [2.45, 2.75) is 32.6 Å². The first-order valence-electron chi connectivity index (χ1n) is 9.07. The molecule has 0 spiro atoms. The second kappa shape index (κ2) is 5.87. The maximum absolute atomic E-state index is 11.9. The van der Waals surface area contributed by atoms with Gasteiger partial charge in [-0.3, -0.25) is 9.20 Å². The summed E-state index contributed by atoms with van der Waals surface area (Å²) in [6.45, 7) is 4.10. The minimum atomic E-state index is -0.0434. The fourth-order valence-corrected chi connectivity index (χ4v) is 3.20. The zero-order valence-electron chi connectivity index (χ0n) is 15.1. The predicted octanol–water partition coefficient (Wildman–Crippen LogP) is 2.58. The number of amides is 1. The van der Waals surface area contributed by atoms with E-state index < -0.39 is 0 Å². The van der Waals surface area contributed by atoms with Crippen molar-refractivity contribution in [3.05, 3.63) is 53.7 Å². The Kier molecular flexibility index (Phi) is 3.46. The molecule has 4 aromatic heterocycles. The number of rotatable bonds is 4. The average molecular weight is 361 g/mol. The van der Waals surface area contributed by atoms with Gasteiger partial charge in [-0.2, -0.15) is 5.10 Å². The van der Waals surface area contributed by atoms with Crippen LogP contribution in [0.5, 0.6) is 0 Å². The van der Waals surface area contributed by atoms with Crippen molar-refractivity contribution in [1.29, 1.82) is 0 Å². The molecule has 1 aliphatic carbocycles. The van der Waals surface area contributed by atoms with Crippen molar-refractivity contribution >= 4 is 23.0 Å². The largest absolute Gasteiger partial charge is 0.309 e. The molecule has 0 saturated heterocycles. The van der Waals surface area contributed by atoms with Crippen LogP contribution < -0.4 is 5.32 Å². The molecule has 0 bridgehead atoms. The van der Waals surface area contributed by atoms with Crippen molar-refractivity contribution in [2.75, 3.05) is 5.32 Å². The first-order chi connectivity index (χ1) is 13.1. The summed E-state index contributed by atoms with van der Waals surface area (Å²) < 4.78 is 3.70. The van der Waals surface area contributed by atoms with E-state index in [4.69, 9.17) is 0 Å². The van der Waals surface area contributed by atoms with Crippen LogP contribution in [0.15, 0.2) is 36.7 Å². The minimum absolute atomic E-state index is 0.0392. The number of anilines is 1. The molecule has 5 rings (SSSR count). The molecule has 4 aromatic rings.